The molecule has 4 nitrogen and oxygen atoms in total. The van der Waals surface area contributed by atoms with Gasteiger partial charge in [-0.05, 0) is 55.4 Å². The topological polar surface area (TPSA) is 49.4 Å². The van der Waals surface area contributed by atoms with Crippen LogP contribution in [0.25, 0.3) is 10.4 Å². The van der Waals surface area contributed by atoms with E-state index in [1.807, 2.05) is 73.3 Å². The van der Waals surface area contributed by atoms with Gasteiger partial charge in [-0.2, -0.15) is 0 Å². The first kappa shape index (κ1) is 21.3. The fourth-order valence-electron chi connectivity index (χ4n) is 4.13. The van der Waals surface area contributed by atoms with Crippen molar-refractivity contribution in [1.82, 2.24) is 4.90 Å². The van der Waals surface area contributed by atoms with Crippen molar-refractivity contribution in [2.24, 2.45) is 0 Å². The van der Waals surface area contributed by atoms with E-state index < -0.39 is 0 Å². The van der Waals surface area contributed by atoms with Gasteiger partial charge < -0.3 is 10.2 Å². The zero-order valence-corrected chi connectivity index (χ0v) is 18.9. The number of likely N-dealkylation sites (tertiary alicyclic amines) is 1. The number of hydrogen-bond acceptors (Lipinski definition) is 3. The molecule has 31 heavy (non-hydrogen) atoms. The molecule has 4 rings (SSSR count). The van der Waals surface area contributed by atoms with Crippen molar-refractivity contribution in [2.75, 3.05) is 18.4 Å². The van der Waals surface area contributed by atoms with Gasteiger partial charge in [-0.1, -0.05) is 54.6 Å². The summed E-state index contributed by atoms with van der Waals surface area (Å²) in [5.41, 5.74) is 4.74. The van der Waals surface area contributed by atoms with Gasteiger partial charge in [0.25, 0.3) is 5.91 Å². The molecule has 1 aliphatic heterocycles. The van der Waals surface area contributed by atoms with Gasteiger partial charge in [0.05, 0.1) is 12.0 Å². The van der Waals surface area contributed by atoms with Crippen LogP contribution >= 0.6 is 11.3 Å². The fourth-order valence-corrected chi connectivity index (χ4v) is 5.35. The van der Waals surface area contributed by atoms with Crippen LogP contribution in [0.5, 0.6) is 0 Å². The fraction of sp³-hybridized carbons (Fsp3) is 0.308. The molecule has 2 heterocycles. The van der Waals surface area contributed by atoms with Crippen molar-refractivity contribution in [1.29, 1.82) is 0 Å². The molecule has 0 atom stereocenters. The van der Waals surface area contributed by atoms with Crippen LogP contribution in [0.2, 0.25) is 0 Å². The van der Waals surface area contributed by atoms with Crippen molar-refractivity contribution in [3.8, 4) is 10.4 Å². The third kappa shape index (κ3) is 4.72. The van der Waals surface area contributed by atoms with Crippen LogP contribution in [0.4, 0.5) is 5.00 Å². The standard InChI is InChI=1S/C26H28N2O2S/c1-18-11-7-8-14-21(18)17-22(29)27-25-23(26(30)28-15-9-4-10-16-28)19(2)24(31-25)20-12-5-3-6-13-20/h3,5-8,11-14H,4,9-10,15-17H2,1-2H3,(H,27,29). The van der Waals surface area contributed by atoms with Crippen LogP contribution < -0.4 is 5.32 Å². The number of carbonyl (C=O) groups is 2. The van der Waals surface area contributed by atoms with Crippen LogP contribution in [0, 0.1) is 13.8 Å². The summed E-state index contributed by atoms with van der Waals surface area (Å²) in [5.74, 6) is -0.0651. The number of nitrogens with zero attached hydrogens (tertiary/aromatic N) is 1. The Kier molecular flexibility index (Phi) is 6.52. The maximum absolute atomic E-state index is 13.5. The smallest absolute Gasteiger partial charge is 0.257 e. The number of aryl methyl sites for hydroxylation is 1. The summed E-state index contributed by atoms with van der Waals surface area (Å²) in [5, 5.41) is 3.73. The predicted octanol–water partition coefficient (Wildman–Crippen LogP) is 5.84. The maximum atomic E-state index is 13.5. The third-order valence-corrected chi connectivity index (χ3v) is 7.16. The first-order valence-corrected chi connectivity index (χ1v) is 11.7. The zero-order chi connectivity index (χ0) is 21.8. The van der Waals surface area contributed by atoms with Gasteiger partial charge in [0.1, 0.15) is 5.00 Å². The molecule has 1 N–H and O–H groups in total. The number of anilines is 1. The van der Waals surface area contributed by atoms with Gasteiger partial charge in [-0.3, -0.25) is 9.59 Å². The molecule has 1 fully saturated rings. The van der Waals surface area contributed by atoms with E-state index in [0.29, 0.717) is 17.0 Å². The highest BCUT2D eigenvalue weighted by Crippen LogP contribution is 2.40. The Morgan fingerprint density at radius 3 is 2.32 bits per heavy atom. The van der Waals surface area contributed by atoms with E-state index in [4.69, 9.17) is 0 Å². The molecule has 0 radical (unpaired) electrons. The molecule has 1 saturated heterocycles. The van der Waals surface area contributed by atoms with Crippen molar-refractivity contribution >= 4 is 28.2 Å². The van der Waals surface area contributed by atoms with Crippen LogP contribution in [-0.4, -0.2) is 29.8 Å². The third-order valence-electron chi connectivity index (χ3n) is 5.91. The lowest BCUT2D eigenvalue weighted by atomic mass is 10.0. The number of carbonyl (C=O) groups excluding carboxylic acids is 2. The summed E-state index contributed by atoms with van der Waals surface area (Å²) in [7, 11) is 0. The number of amides is 2. The number of piperidine rings is 1. The number of hydrogen-bond donors (Lipinski definition) is 1. The zero-order valence-electron chi connectivity index (χ0n) is 18.1. The summed E-state index contributed by atoms with van der Waals surface area (Å²) >= 11 is 1.50. The maximum Gasteiger partial charge on any atom is 0.257 e. The average molecular weight is 433 g/mol. The van der Waals surface area contributed by atoms with Crippen LogP contribution in [0.1, 0.15) is 46.3 Å². The Morgan fingerprint density at radius 1 is 0.935 bits per heavy atom. The molecule has 1 aromatic heterocycles. The largest absolute Gasteiger partial charge is 0.339 e. The van der Waals surface area contributed by atoms with E-state index in [-0.39, 0.29) is 11.8 Å². The van der Waals surface area contributed by atoms with E-state index in [1.54, 1.807) is 0 Å². The van der Waals surface area contributed by atoms with E-state index in [1.165, 1.54) is 17.8 Å². The van der Waals surface area contributed by atoms with Crippen LogP contribution in [-0.2, 0) is 11.2 Å². The van der Waals surface area contributed by atoms with Gasteiger partial charge in [0.15, 0.2) is 0 Å². The summed E-state index contributed by atoms with van der Waals surface area (Å²) in [4.78, 5) is 29.3. The van der Waals surface area contributed by atoms with Gasteiger partial charge in [0.2, 0.25) is 5.91 Å². The summed E-state index contributed by atoms with van der Waals surface area (Å²) in [6.07, 6.45) is 3.54. The van der Waals surface area contributed by atoms with Crippen molar-refractivity contribution in [3.63, 3.8) is 0 Å². The molecular formula is C26H28N2O2S. The normalized spacial score (nSPS) is 13.8. The molecule has 0 bridgehead atoms. The van der Waals surface area contributed by atoms with Crippen LogP contribution in [0.15, 0.2) is 54.6 Å². The molecule has 2 amide bonds. The molecule has 0 unspecified atom stereocenters. The Bertz CT molecular complexity index is 1080. The molecule has 0 saturated carbocycles. The number of rotatable bonds is 5. The van der Waals surface area contributed by atoms with Gasteiger partial charge in [-0.15, -0.1) is 11.3 Å². The second-order valence-electron chi connectivity index (χ2n) is 8.13. The molecule has 0 spiro atoms. The lowest BCUT2D eigenvalue weighted by Crippen LogP contribution is -2.36. The predicted molar refractivity (Wildman–Crippen MR) is 128 cm³/mol. The van der Waals surface area contributed by atoms with Crippen molar-refractivity contribution in [3.05, 3.63) is 76.9 Å². The van der Waals surface area contributed by atoms with Crippen molar-refractivity contribution < 1.29 is 9.59 Å². The minimum Gasteiger partial charge on any atom is -0.339 e. The molecule has 3 aromatic rings. The minimum absolute atomic E-state index is 0.0295. The quantitative estimate of drug-likeness (QED) is 0.551. The highest BCUT2D eigenvalue weighted by atomic mass is 32.1. The monoisotopic (exact) mass is 432 g/mol. The molecule has 5 heteroatoms. The van der Waals surface area contributed by atoms with Crippen molar-refractivity contribution in [2.45, 2.75) is 39.5 Å². The molecular weight excluding hydrogens is 404 g/mol. The molecule has 1 aliphatic rings. The SMILES string of the molecule is Cc1ccccc1CC(=O)Nc1sc(-c2ccccc2)c(C)c1C(=O)N1CCCCC1. The Hall–Kier alpha value is -2.92. The van der Waals surface area contributed by atoms with E-state index in [2.05, 4.69) is 5.32 Å². The first-order chi connectivity index (χ1) is 15.0. The molecule has 0 aliphatic carbocycles. The Labute approximate surface area is 187 Å². The summed E-state index contributed by atoms with van der Waals surface area (Å²) in [6.45, 7) is 5.57. The van der Waals surface area contributed by atoms with E-state index in [9.17, 15) is 9.59 Å². The highest BCUT2D eigenvalue weighted by molar-refractivity contribution is 7.20. The van der Waals surface area contributed by atoms with Crippen LogP contribution in [0.3, 0.4) is 0 Å². The average Bonchev–Trinajstić information content (AvgIpc) is 3.11. The summed E-state index contributed by atoms with van der Waals surface area (Å²) < 4.78 is 0. The first-order valence-electron chi connectivity index (χ1n) is 10.9. The van der Waals surface area contributed by atoms with E-state index >= 15 is 0 Å². The number of thiophene rings is 1. The molecule has 160 valence electrons. The second kappa shape index (κ2) is 9.48. The lowest BCUT2D eigenvalue weighted by molar-refractivity contribution is -0.115. The number of benzene rings is 2. The lowest BCUT2D eigenvalue weighted by Gasteiger charge is -2.27. The Morgan fingerprint density at radius 2 is 1.61 bits per heavy atom. The van der Waals surface area contributed by atoms with Gasteiger partial charge in [0, 0.05) is 18.0 Å². The van der Waals surface area contributed by atoms with E-state index in [0.717, 1.165) is 53.1 Å². The second-order valence-corrected chi connectivity index (χ2v) is 9.15. The highest BCUT2D eigenvalue weighted by Gasteiger charge is 2.27. The minimum atomic E-state index is -0.0946. The number of nitrogens with one attached hydrogen (secondary N) is 1. The van der Waals surface area contributed by atoms with Gasteiger partial charge in [-0.25, -0.2) is 0 Å². The summed E-state index contributed by atoms with van der Waals surface area (Å²) in [6, 6.07) is 18.0. The van der Waals surface area contributed by atoms with Gasteiger partial charge >= 0.3 is 0 Å². The molecule has 2 aromatic carbocycles. The Balaban J connectivity index is 1.67.